The van der Waals surface area contributed by atoms with E-state index >= 15 is 0 Å². The van der Waals surface area contributed by atoms with Crippen LogP contribution in [-0.4, -0.2) is 4.32 Å². The molecule has 10 aliphatic carbocycles. The van der Waals surface area contributed by atoms with Gasteiger partial charge in [0.2, 0.25) is 0 Å². The van der Waals surface area contributed by atoms with Crippen LogP contribution in [0, 0.1) is 58.7 Å². The Morgan fingerprint density at radius 1 is 0.684 bits per heavy atom. The molecule has 10 rings (SSSR count). The minimum atomic E-state index is 0.602. The predicted octanol–water partition coefficient (Wildman–Crippen LogP) is 4.48. The van der Waals surface area contributed by atoms with E-state index in [-0.39, 0.29) is 0 Å². The van der Waals surface area contributed by atoms with E-state index in [1.54, 1.807) is 44.9 Å². The monoisotopic (exact) mass is 318 g/mol. The minimum absolute atomic E-state index is 0.602. The molecule has 10 saturated carbocycles. The van der Waals surface area contributed by atoms with Crippen LogP contribution < -0.4 is 0 Å². The second-order valence-electron chi connectivity index (χ2n) is 9.78. The van der Waals surface area contributed by atoms with Gasteiger partial charge in [-0.2, -0.15) is 0 Å². The third-order valence-corrected chi connectivity index (χ3v) is 10.6. The Morgan fingerprint density at radius 3 is 2.00 bits per heavy atom. The summed E-state index contributed by atoms with van der Waals surface area (Å²) >= 11 is 4.27. The van der Waals surface area contributed by atoms with E-state index in [0.717, 1.165) is 23.2 Å². The van der Waals surface area contributed by atoms with Gasteiger partial charge in [0.25, 0.3) is 0 Å². The smallest absolute Gasteiger partial charge is 0.0269 e. The summed E-state index contributed by atoms with van der Waals surface area (Å²) in [7, 11) is 0. The van der Waals surface area contributed by atoms with E-state index < -0.39 is 0 Å². The first-order valence-corrected chi connectivity index (χ1v) is 9.67. The Kier molecular flexibility index (Phi) is 1.41. The molecule has 0 aromatic carbocycles. The van der Waals surface area contributed by atoms with E-state index in [9.17, 15) is 0 Å². The maximum Gasteiger partial charge on any atom is 0.0269 e. The number of hydrogen-bond donors (Lipinski definition) is 0. The molecule has 0 aromatic heterocycles. The van der Waals surface area contributed by atoms with Gasteiger partial charge >= 0.3 is 0 Å². The van der Waals surface area contributed by atoms with Gasteiger partial charge in [0.15, 0.2) is 0 Å². The van der Waals surface area contributed by atoms with Crippen molar-refractivity contribution in [2.75, 3.05) is 0 Å². The molecule has 0 radical (unpaired) electrons. The van der Waals surface area contributed by atoms with Crippen molar-refractivity contribution in [1.29, 1.82) is 0 Å². The number of hydrogen-bond acceptors (Lipinski definition) is 0. The first-order valence-electron chi connectivity index (χ1n) is 8.88. The van der Waals surface area contributed by atoms with E-state index in [1.165, 1.54) is 35.5 Å². The molecule has 10 fully saturated rings. The molecular formula is C18H23Br. The molecule has 0 saturated heterocycles. The second-order valence-corrected chi connectivity index (χ2v) is 11.5. The normalized spacial score (nSPS) is 80.4. The van der Waals surface area contributed by atoms with Crippen molar-refractivity contribution in [1.82, 2.24) is 0 Å². The zero-order valence-corrected chi connectivity index (χ0v) is 13.1. The molecular weight excluding hydrogens is 296 g/mol. The van der Waals surface area contributed by atoms with Crippen LogP contribution in [0.3, 0.4) is 0 Å². The highest BCUT2D eigenvalue weighted by Gasteiger charge is 2.79. The number of rotatable bonds is 0. The Hall–Kier alpha value is 0.480. The lowest BCUT2D eigenvalue weighted by molar-refractivity contribution is -0.341. The molecule has 1 heteroatoms. The molecule has 19 heavy (non-hydrogen) atoms. The van der Waals surface area contributed by atoms with Gasteiger partial charge in [0.1, 0.15) is 0 Å². The van der Waals surface area contributed by atoms with Crippen LogP contribution in [0.4, 0.5) is 0 Å². The lowest BCUT2D eigenvalue weighted by Crippen LogP contribution is -2.79. The summed E-state index contributed by atoms with van der Waals surface area (Å²) in [6.07, 6.45) is 11.4. The maximum absolute atomic E-state index is 4.27. The van der Waals surface area contributed by atoms with Crippen molar-refractivity contribution < 1.29 is 0 Å². The summed E-state index contributed by atoms with van der Waals surface area (Å²) in [5.74, 6) is 10.7. The highest BCUT2D eigenvalue weighted by molar-refractivity contribution is 9.10. The van der Waals surface area contributed by atoms with Gasteiger partial charge in [-0.25, -0.2) is 0 Å². The lowest BCUT2D eigenvalue weighted by atomic mass is 9.22. The maximum atomic E-state index is 4.27. The van der Waals surface area contributed by atoms with Crippen LogP contribution >= 0.6 is 15.9 Å². The second kappa shape index (κ2) is 2.61. The minimum Gasteiger partial charge on any atom is -0.0853 e. The molecule has 5 unspecified atom stereocenters. The van der Waals surface area contributed by atoms with E-state index in [2.05, 4.69) is 15.9 Å². The topological polar surface area (TPSA) is 0 Å². The van der Waals surface area contributed by atoms with Gasteiger partial charge < -0.3 is 0 Å². The van der Waals surface area contributed by atoms with Crippen LogP contribution in [0.5, 0.6) is 0 Å². The predicted molar refractivity (Wildman–Crippen MR) is 77.8 cm³/mol. The van der Waals surface area contributed by atoms with Crippen LogP contribution in [0.25, 0.3) is 0 Å². The van der Waals surface area contributed by atoms with Gasteiger partial charge in [-0.1, -0.05) is 15.9 Å². The SMILES string of the molecule is BrC12C[C@@H]3C4CC5[C@H]6CC7C[C@@H]5[C@H]3C(C7)(C1)[C@@H]6[C@H]4C2. The average Bonchev–Trinajstić information content (AvgIpc) is 2.34. The zero-order valence-electron chi connectivity index (χ0n) is 11.5. The summed E-state index contributed by atoms with van der Waals surface area (Å²) in [6, 6.07) is 0. The summed E-state index contributed by atoms with van der Waals surface area (Å²) in [5.41, 5.74) is 0.860. The third-order valence-electron chi connectivity index (χ3n) is 9.65. The van der Waals surface area contributed by atoms with Gasteiger partial charge in [0, 0.05) is 4.32 Å². The van der Waals surface area contributed by atoms with Crippen molar-refractivity contribution >= 4 is 15.9 Å². The van der Waals surface area contributed by atoms with E-state index in [4.69, 9.17) is 0 Å². The first kappa shape index (κ1) is 10.2. The van der Waals surface area contributed by atoms with Crippen molar-refractivity contribution in [3.05, 3.63) is 0 Å². The summed E-state index contributed by atoms with van der Waals surface area (Å²) in [5, 5.41) is 0. The van der Waals surface area contributed by atoms with Crippen LogP contribution in [0.15, 0.2) is 0 Å². The third kappa shape index (κ3) is 0.836. The van der Waals surface area contributed by atoms with Gasteiger partial charge in [-0.15, -0.1) is 0 Å². The quantitative estimate of drug-likeness (QED) is 0.578. The fraction of sp³-hybridized carbons (Fsp3) is 1.00. The molecule has 1 spiro atoms. The van der Waals surface area contributed by atoms with E-state index in [1.807, 2.05) is 0 Å². The molecule has 0 aromatic rings. The highest BCUT2D eigenvalue weighted by Crippen LogP contribution is 2.85. The Labute approximate surface area is 124 Å². The van der Waals surface area contributed by atoms with Crippen molar-refractivity contribution in [2.24, 2.45) is 58.7 Å². The average molecular weight is 319 g/mol. The van der Waals surface area contributed by atoms with Gasteiger partial charge in [0.05, 0.1) is 0 Å². The Balaban J connectivity index is 1.55. The zero-order chi connectivity index (χ0) is 12.1. The fourth-order valence-corrected chi connectivity index (χ4v) is 11.6. The summed E-state index contributed by atoms with van der Waals surface area (Å²) in [4.78, 5) is 0. The standard InChI is InChI=1S/C18H23Br/c19-17-5-13-10-3-9-11-1-8-2-12(9)16(14(10)6-17)18(4-8,7-17)15(11)13/h8-16H,1-7H2/t8?,9?,10?,11-,12+,13+,14-,15+,16-,17?,18?. The molecule has 0 amide bonds. The molecule has 0 N–H and O–H groups in total. The van der Waals surface area contributed by atoms with Crippen molar-refractivity contribution in [3.63, 3.8) is 0 Å². The largest absolute Gasteiger partial charge is 0.0853 e. The molecule has 0 aliphatic heterocycles. The lowest BCUT2D eigenvalue weighted by Gasteiger charge is -2.84. The van der Waals surface area contributed by atoms with Gasteiger partial charge in [-0.05, 0) is 104 Å². The molecule has 0 nitrogen and oxygen atoms in total. The molecule has 10 aliphatic rings. The summed E-state index contributed by atoms with van der Waals surface area (Å²) in [6.45, 7) is 0. The van der Waals surface area contributed by atoms with Gasteiger partial charge in [-0.3, -0.25) is 0 Å². The van der Waals surface area contributed by atoms with Crippen molar-refractivity contribution in [3.8, 4) is 0 Å². The van der Waals surface area contributed by atoms with Crippen LogP contribution in [0.2, 0.25) is 0 Å². The fourth-order valence-electron chi connectivity index (χ4n) is 10.3. The van der Waals surface area contributed by atoms with Crippen LogP contribution in [-0.2, 0) is 0 Å². The number of halogens is 1. The Bertz CT molecular complexity index is 478. The van der Waals surface area contributed by atoms with E-state index in [0.29, 0.717) is 4.32 Å². The molecule has 11 bridgehead atoms. The Morgan fingerprint density at radius 2 is 1.32 bits per heavy atom. The molecule has 102 valence electrons. The first-order chi connectivity index (χ1) is 9.19. The van der Waals surface area contributed by atoms with Crippen molar-refractivity contribution in [2.45, 2.75) is 49.3 Å². The highest BCUT2D eigenvalue weighted by atomic mass is 79.9. The van der Waals surface area contributed by atoms with Crippen LogP contribution in [0.1, 0.15) is 44.9 Å². The molecule has 0 heterocycles. The molecule has 11 atom stereocenters. The summed E-state index contributed by atoms with van der Waals surface area (Å²) < 4.78 is 0.602. The number of alkyl halides is 1.